The molecule has 3 fully saturated rings. The van der Waals surface area contributed by atoms with Gasteiger partial charge in [0.1, 0.15) is 6.04 Å². The Bertz CT molecular complexity index is 561. The Morgan fingerprint density at radius 3 is 2.29 bits per heavy atom. The van der Waals surface area contributed by atoms with E-state index >= 15 is 0 Å². The van der Waals surface area contributed by atoms with Crippen molar-refractivity contribution >= 4 is 11.8 Å². The monoisotopic (exact) mass is 392 g/mol. The zero-order valence-electron chi connectivity index (χ0n) is 18.5. The molecule has 2 amide bonds. The first-order valence-electron chi connectivity index (χ1n) is 11.2. The lowest BCUT2D eigenvalue weighted by Gasteiger charge is -2.53. The van der Waals surface area contributed by atoms with E-state index in [0.717, 1.165) is 58.4 Å². The van der Waals surface area contributed by atoms with Gasteiger partial charge >= 0.3 is 0 Å². The first-order chi connectivity index (χ1) is 13.2. The molecule has 0 saturated carbocycles. The van der Waals surface area contributed by atoms with E-state index in [1.165, 1.54) is 0 Å². The predicted octanol–water partition coefficient (Wildman–Crippen LogP) is 1.80. The first kappa shape index (κ1) is 21.6. The largest absolute Gasteiger partial charge is 0.341 e. The Hall–Kier alpha value is -1.14. The Labute approximate surface area is 171 Å². The van der Waals surface area contributed by atoms with E-state index < -0.39 is 0 Å². The number of nitrogens with one attached hydrogen (secondary N) is 1. The molecule has 28 heavy (non-hydrogen) atoms. The summed E-state index contributed by atoms with van der Waals surface area (Å²) >= 11 is 0. The smallest absolute Gasteiger partial charge is 0.245 e. The molecule has 1 spiro atoms. The van der Waals surface area contributed by atoms with Crippen LogP contribution in [0.1, 0.15) is 53.4 Å². The third kappa shape index (κ3) is 4.70. The van der Waals surface area contributed by atoms with Crippen LogP contribution in [0, 0.1) is 17.3 Å². The van der Waals surface area contributed by atoms with Crippen LogP contribution in [0.3, 0.4) is 0 Å². The van der Waals surface area contributed by atoms with Gasteiger partial charge in [-0.15, -0.1) is 0 Å². The summed E-state index contributed by atoms with van der Waals surface area (Å²) in [5, 5.41) is 3.37. The van der Waals surface area contributed by atoms with Crippen LogP contribution in [0.25, 0.3) is 0 Å². The predicted molar refractivity (Wildman–Crippen MR) is 112 cm³/mol. The van der Waals surface area contributed by atoms with Crippen LogP contribution in [-0.4, -0.2) is 84.9 Å². The van der Waals surface area contributed by atoms with Crippen LogP contribution in [0.2, 0.25) is 0 Å². The molecule has 3 heterocycles. The summed E-state index contributed by atoms with van der Waals surface area (Å²) in [6.45, 7) is 14.0. The highest BCUT2D eigenvalue weighted by Crippen LogP contribution is 2.39. The first-order valence-corrected chi connectivity index (χ1v) is 11.2. The number of carbonyl (C=O) groups excluding carboxylic acids is 2. The quantitative estimate of drug-likeness (QED) is 0.749. The van der Waals surface area contributed by atoms with Crippen molar-refractivity contribution in [1.29, 1.82) is 0 Å². The van der Waals surface area contributed by atoms with Crippen LogP contribution >= 0.6 is 0 Å². The van der Waals surface area contributed by atoms with Gasteiger partial charge in [-0.2, -0.15) is 0 Å². The molecule has 2 atom stereocenters. The molecule has 3 saturated heterocycles. The van der Waals surface area contributed by atoms with Gasteiger partial charge in [-0.05, 0) is 50.0 Å². The molecule has 0 aromatic heterocycles. The number of rotatable bonds is 6. The van der Waals surface area contributed by atoms with E-state index in [4.69, 9.17) is 0 Å². The minimum atomic E-state index is -0.303. The van der Waals surface area contributed by atoms with E-state index in [1.807, 2.05) is 9.80 Å². The molecule has 160 valence electrons. The van der Waals surface area contributed by atoms with Crippen LogP contribution in [-0.2, 0) is 9.59 Å². The molecule has 3 aliphatic heterocycles. The topological polar surface area (TPSA) is 55.9 Å². The van der Waals surface area contributed by atoms with Crippen LogP contribution in [0.15, 0.2) is 0 Å². The Morgan fingerprint density at radius 2 is 1.75 bits per heavy atom. The third-order valence-corrected chi connectivity index (χ3v) is 6.73. The Kier molecular flexibility index (Phi) is 6.70. The van der Waals surface area contributed by atoms with Gasteiger partial charge in [0.2, 0.25) is 11.8 Å². The van der Waals surface area contributed by atoms with Gasteiger partial charge in [-0.3, -0.25) is 9.59 Å². The van der Waals surface area contributed by atoms with Crippen molar-refractivity contribution in [3.63, 3.8) is 0 Å². The molecule has 6 heteroatoms. The standard InChI is InChI=1S/C22H40N4O2/c1-16(2)12-18-20(27)26(11-8-23-18)19(13-17(3)4)21(28)25-9-6-22(7-10-25)14-24(5)15-22/h16-19,23H,6-15H2,1-5H3/t18-,19?/m0/s1. The second-order valence-electron chi connectivity index (χ2n) is 10.3. The summed E-state index contributed by atoms with van der Waals surface area (Å²) in [5.74, 6) is 1.14. The number of hydrogen-bond acceptors (Lipinski definition) is 4. The zero-order chi connectivity index (χ0) is 20.5. The molecule has 0 bridgehead atoms. The molecule has 1 unspecified atom stereocenters. The van der Waals surface area contributed by atoms with Crippen molar-refractivity contribution in [3.05, 3.63) is 0 Å². The van der Waals surface area contributed by atoms with Crippen molar-refractivity contribution in [1.82, 2.24) is 20.0 Å². The summed E-state index contributed by atoms with van der Waals surface area (Å²) < 4.78 is 0. The van der Waals surface area contributed by atoms with E-state index in [9.17, 15) is 9.59 Å². The maximum Gasteiger partial charge on any atom is 0.245 e. The molecular formula is C22H40N4O2. The summed E-state index contributed by atoms with van der Waals surface area (Å²) in [5.41, 5.74) is 0.437. The van der Waals surface area contributed by atoms with Gasteiger partial charge in [0.25, 0.3) is 0 Å². The molecule has 1 N–H and O–H groups in total. The van der Waals surface area contributed by atoms with Gasteiger partial charge in [0.05, 0.1) is 6.04 Å². The van der Waals surface area contributed by atoms with Gasteiger partial charge in [-0.1, -0.05) is 27.7 Å². The molecule has 0 radical (unpaired) electrons. The maximum atomic E-state index is 13.5. The second kappa shape index (κ2) is 8.70. The van der Waals surface area contributed by atoms with Crippen LogP contribution in [0.4, 0.5) is 0 Å². The molecular weight excluding hydrogens is 352 g/mol. The summed E-state index contributed by atoms with van der Waals surface area (Å²) in [7, 11) is 2.17. The highest BCUT2D eigenvalue weighted by atomic mass is 16.2. The van der Waals surface area contributed by atoms with Crippen molar-refractivity contribution in [2.24, 2.45) is 17.3 Å². The molecule has 6 nitrogen and oxygen atoms in total. The summed E-state index contributed by atoms with van der Waals surface area (Å²) in [4.78, 5) is 33.0. The fraction of sp³-hybridized carbons (Fsp3) is 0.909. The van der Waals surface area contributed by atoms with Gasteiger partial charge in [-0.25, -0.2) is 0 Å². The lowest BCUT2D eigenvalue weighted by Crippen LogP contribution is -2.63. The average Bonchev–Trinajstić information content (AvgIpc) is 2.60. The summed E-state index contributed by atoms with van der Waals surface area (Å²) in [6, 6.07) is -0.450. The number of amides is 2. The minimum Gasteiger partial charge on any atom is -0.341 e. The maximum absolute atomic E-state index is 13.5. The molecule has 3 rings (SSSR count). The Balaban J connectivity index is 1.67. The molecule has 0 aromatic rings. The highest BCUT2D eigenvalue weighted by Gasteiger charge is 2.45. The van der Waals surface area contributed by atoms with E-state index in [-0.39, 0.29) is 23.9 Å². The number of piperazine rings is 1. The van der Waals surface area contributed by atoms with Crippen LogP contribution < -0.4 is 5.32 Å². The van der Waals surface area contributed by atoms with Crippen molar-refractivity contribution in [2.75, 3.05) is 46.3 Å². The highest BCUT2D eigenvalue weighted by molar-refractivity contribution is 5.90. The number of likely N-dealkylation sites (tertiary alicyclic amines) is 2. The van der Waals surface area contributed by atoms with Gasteiger partial charge < -0.3 is 20.0 Å². The van der Waals surface area contributed by atoms with Crippen molar-refractivity contribution < 1.29 is 9.59 Å². The molecule has 3 aliphatic rings. The van der Waals surface area contributed by atoms with Gasteiger partial charge in [0.15, 0.2) is 0 Å². The number of nitrogens with zero attached hydrogens (tertiary/aromatic N) is 3. The van der Waals surface area contributed by atoms with Crippen LogP contribution in [0.5, 0.6) is 0 Å². The van der Waals surface area contributed by atoms with Crippen molar-refractivity contribution in [3.8, 4) is 0 Å². The number of hydrogen-bond donors (Lipinski definition) is 1. The number of carbonyl (C=O) groups is 2. The van der Waals surface area contributed by atoms with E-state index in [2.05, 4.69) is 45.0 Å². The fourth-order valence-electron chi connectivity index (χ4n) is 5.36. The molecule has 0 aromatic carbocycles. The normalized spacial score (nSPS) is 26.8. The SMILES string of the molecule is CC(C)CC(C(=O)N1CCC2(CC1)CN(C)C2)N1CCN[C@@H](CC(C)C)C1=O. The lowest BCUT2D eigenvalue weighted by atomic mass is 9.72. The van der Waals surface area contributed by atoms with Crippen molar-refractivity contribution in [2.45, 2.75) is 65.5 Å². The number of piperidine rings is 1. The molecule has 0 aliphatic carbocycles. The zero-order valence-corrected chi connectivity index (χ0v) is 18.5. The average molecular weight is 393 g/mol. The van der Waals surface area contributed by atoms with E-state index in [1.54, 1.807) is 0 Å². The second-order valence-corrected chi connectivity index (χ2v) is 10.3. The van der Waals surface area contributed by atoms with Gasteiger partial charge in [0, 0.05) is 39.3 Å². The third-order valence-electron chi connectivity index (χ3n) is 6.73. The Morgan fingerprint density at radius 1 is 1.11 bits per heavy atom. The lowest BCUT2D eigenvalue weighted by molar-refractivity contribution is -0.152. The van der Waals surface area contributed by atoms with E-state index in [0.29, 0.717) is 23.8 Å². The summed E-state index contributed by atoms with van der Waals surface area (Å²) in [6.07, 6.45) is 3.78. The fourth-order valence-corrected chi connectivity index (χ4v) is 5.36. The minimum absolute atomic E-state index is 0.119.